The minimum atomic E-state index is 0.237. The van der Waals surface area contributed by atoms with Crippen molar-refractivity contribution in [2.24, 2.45) is 0 Å². The van der Waals surface area contributed by atoms with E-state index in [1.165, 1.54) is 43.1 Å². The monoisotopic (exact) mass is 564 g/mol. The van der Waals surface area contributed by atoms with Gasteiger partial charge in [-0.2, -0.15) is 0 Å². The third-order valence-corrected chi connectivity index (χ3v) is 7.92. The summed E-state index contributed by atoms with van der Waals surface area (Å²) in [5.74, 6) is 1.27. The molecule has 0 saturated carbocycles. The van der Waals surface area contributed by atoms with Crippen LogP contribution in [0.2, 0.25) is 0 Å². The number of para-hydroxylation sites is 4. The first-order chi connectivity index (χ1) is 20.6. The van der Waals surface area contributed by atoms with E-state index in [9.17, 15) is 10.2 Å². The first kappa shape index (κ1) is 26.0. The number of fused-ring (bicyclic) bond motifs is 8. The fourth-order valence-electron chi connectivity index (χ4n) is 5.62. The molecule has 2 N–H and O–H groups in total. The molecule has 9 nitrogen and oxygen atoms in total. The van der Waals surface area contributed by atoms with Gasteiger partial charge in [-0.3, -0.25) is 0 Å². The SMILES string of the molecule is CCCCCCCCOc1ccc(-n2n3c4ccccc4n23)c(O)c1.Cc1ccc(O)c(-n2n3c4ccccc4n23)c1. The average molecular weight is 565 g/mol. The van der Waals surface area contributed by atoms with Crippen molar-refractivity contribution >= 4 is 22.1 Å². The largest absolute Gasteiger partial charge is 0.506 e. The lowest BCUT2D eigenvalue weighted by Gasteiger charge is -2.07. The number of unbranched alkanes of at least 4 members (excludes halogenated alkanes) is 5. The van der Waals surface area contributed by atoms with Gasteiger partial charge in [-0.15, -0.1) is 28.1 Å². The normalized spacial score (nSPS) is 12.0. The summed E-state index contributed by atoms with van der Waals surface area (Å²) in [4.78, 5) is 3.92. The number of aromatic hydroxyl groups is 2. The van der Waals surface area contributed by atoms with Crippen LogP contribution in [0, 0.1) is 6.92 Å². The van der Waals surface area contributed by atoms with Crippen molar-refractivity contribution in [3.8, 4) is 28.6 Å². The molecule has 0 amide bonds. The van der Waals surface area contributed by atoms with Crippen molar-refractivity contribution < 1.29 is 14.9 Å². The Morgan fingerprint density at radius 1 is 0.571 bits per heavy atom. The molecule has 0 aliphatic rings. The molecule has 0 fully saturated rings. The van der Waals surface area contributed by atoms with Gasteiger partial charge < -0.3 is 14.9 Å². The van der Waals surface area contributed by atoms with Gasteiger partial charge in [0, 0.05) is 6.07 Å². The van der Waals surface area contributed by atoms with Crippen LogP contribution in [-0.2, 0) is 0 Å². The summed E-state index contributed by atoms with van der Waals surface area (Å²) in [6.07, 6.45) is 7.47. The molecule has 0 aliphatic carbocycles. The molecule has 8 rings (SSSR count). The lowest BCUT2D eigenvalue weighted by Crippen LogP contribution is -1.98. The van der Waals surface area contributed by atoms with Crippen LogP contribution in [0.3, 0.4) is 0 Å². The number of phenols is 2. The molecule has 4 heterocycles. The average Bonchev–Trinajstić information content (AvgIpc) is 3.86. The van der Waals surface area contributed by atoms with E-state index in [0.29, 0.717) is 12.4 Å². The van der Waals surface area contributed by atoms with Crippen LogP contribution in [-0.4, -0.2) is 44.9 Å². The second kappa shape index (κ2) is 10.5. The van der Waals surface area contributed by atoms with Crippen LogP contribution < -0.4 is 4.74 Å². The molecule has 4 aromatic heterocycles. The number of hydrogen-bond acceptors (Lipinski definition) is 3. The molecule has 42 heavy (non-hydrogen) atoms. The van der Waals surface area contributed by atoms with Gasteiger partial charge in [0.05, 0.1) is 6.61 Å². The highest BCUT2D eigenvalue weighted by Crippen LogP contribution is 2.33. The van der Waals surface area contributed by atoms with Gasteiger partial charge in [-0.05, 0) is 67.4 Å². The summed E-state index contributed by atoms with van der Waals surface area (Å²) in [5.41, 5.74) is 7.39. The highest BCUT2D eigenvalue weighted by Gasteiger charge is 2.26. The van der Waals surface area contributed by atoms with E-state index in [0.717, 1.165) is 40.1 Å². The lowest BCUT2D eigenvalue weighted by atomic mass is 10.1. The molecule has 0 spiro atoms. The Morgan fingerprint density at radius 2 is 1.12 bits per heavy atom. The van der Waals surface area contributed by atoms with Crippen molar-refractivity contribution in [2.45, 2.75) is 52.4 Å². The van der Waals surface area contributed by atoms with Gasteiger partial charge >= 0.3 is 0 Å². The molecular formula is C33H36N6O3. The van der Waals surface area contributed by atoms with Gasteiger partial charge in [-0.1, -0.05) is 69.4 Å². The maximum atomic E-state index is 10.4. The molecule has 0 atom stereocenters. The minimum Gasteiger partial charge on any atom is -0.506 e. The summed E-state index contributed by atoms with van der Waals surface area (Å²) >= 11 is 0. The highest BCUT2D eigenvalue weighted by molar-refractivity contribution is 5.80. The smallest absolute Gasteiger partial charge is 0.146 e. The van der Waals surface area contributed by atoms with Crippen molar-refractivity contribution in [3.05, 3.63) is 90.5 Å². The fraction of sp³-hybridized carbons (Fsp3) is 0.273. The van der Waals surface area contributed by atoms with Crippen molar-refractivity contribution in [2.75, 3.05) is 6.61 Å². The summed E-state index contributed by atoms with van der Waals surface area (Å²) in [6, 6.07) is 27.5. The Hall–Kier alpha value is -4.92. The number of benzene rings is 4. The number of hydrogen-bond donors (Lipinski definition) is 2. The maximum Gasteiger partial charge on any atom is 0.146 e. The molecule has 8 aromatic rings. The van der Waals surface area contributed by atoms with Crippen LogP contribution in [0.15, 0.2) is 84.9 Å². The lowest BCUT2D eigenvalue weighted by molar-refractivity contribution is 0.302. The van der Waals surface area contributed by atoms with Crippen molar-refractivity contribution in [3.63, 3.8) is 0 Å². The van der Waals surface area contributed by atoms with Crippen molar-refractivity contribution in [1.29, 1.82) is 0 Å². The fourth-order valence-corrected chi connectivity index (χ4v) is 5.62. The van der Waals surface area contributed by atoms with Crippen LogP contribution in [0.25, 0.3) is 33.4 Å². The minimum absolute atomic E-state index is 0.237. The molecule has 4 aromatic carbocycles. The first-order valence-electron chi connectivity index (χ1n) is 14.8. The van der Waals surface area contributed by atoms with Gasteiger partial charge in [0.15, 0.2) is 0 Å². The number of nitrogens with zero attached hydrogens (tertiary/aromatic N) is 6. The molecular weight excluding hydrogens is 528 g/mol. The van der Waals surface area contributed by atoms with Gasteiger partial charge in [0.25, 0.3) is 0 Å². The summed E-state index contributed by atoms with van der Waals surface area (Å²) < 4.78 is 13.9. The summed E-state index contributed by atoms with van der Waals surface area (Å²) in [6.45, 7) is 4.96. The standard InChI is InChI=1S/C20H25N3O2.C13H11N3O/c1-2-3-4-5-6-9-14-25-16-12-13-19(20(24)15-16)23-21-17-10-7-8-11-18(17)22(21)23;1-9-6-7-13(17)12(8-9)16-14-10-4-2-3-5-11(10)15(14)16/h7-8,10-13,15,24H,2-6,9,14H2,1H3;2-8,17H,1H3. The predicted molar refractivity (Wildman–Crippen MR) is 165 cm³/mol. The van der Waals surface area contributed by atoms with E-state index in [1.807, 2.05) is 83.6 Å². The zero-order chi connectivity index (χ0) is 28.8. The van der Waals surface area contributed by atoms with E-state index in [-0.39, 0.29) is 5.75 Å². The highest BCUT2D eigenvalue weighted by atomic mass is 16.5. The molecule has 216 valence electrons. The number of aromatic nitrogens is 6. The topological polar surface area (TPSA) is 77.2 Å². The van der Waals surface area contributed by atoms with Crippen molar-refractivity contribution in [1.82, 2.24) is 28.1 Å². The molecule has 0 bridgehead atoms. The Morgan fingerprint density at radius 3 is 1.69 bits per heavy atom. The molecule has 0 aliphatic heterocycles. The van der Waals surface area contributed by atoms with Gasteiger partial charge in [0.2, 0.25) is 0 Å². The molecule has 0 saturated heterocycles. The number of ether oxygens (including phenoxy) is 1. The van der Waals surface area contributed by atoms with Crippen LogP contribution in [0.5, 0.6) is 17.2 Å². The summed E-state index contributed by atoms with van der Waals surface area (Å²) in [5, 5.41) is 20.3. The Bertz CT molecular complexity index is 1980. The molecule has 0 radical (unpaired) electrons. The second-order valence-electron chi connectivity index (χ2n) is 11.0. The number of aryl methyl sites for hydroxylation is 1. The number of rotatable bonds is 10. The van der Waals surface area contributed by atoms with E-state index >= 15 is 0 Å². The Labute approximate surface area is 243 Å². The second-order valence-corrected chi connectivity index (χ2v) is 11.0. The molecule has 9 heteroatoms. The third-order valence-electron chi connectivity index (χ3n) is 7.92. The van der Waals surface area contributed by atoms with Gasteiger partial charge in [-0.25, -0.2) is 0 Å². The van der Waals surface area contributed by atoms with Crippen LogP contribution in [0.4, 0.5) is 0 Å². The van der Waals surface area contributed by atoms with E-state index in [2.05, 4.69) is 31.2 Å². The number of phenolic OH excluding ortho intramolecular Hbond substituents is 2. The Kier molecular flexibility index (Phi) is 6.49. The van der Waals surface area contributed by atoms with Gasteiger partial charge in [0.1, 0.15) is 50.7 Å². The van der Waals surface area contributed by atoms with E-state index in [1.54, 1.807) is 12.1 Å². The quantitative estimate of drug-likeness (QED) is 0.171. The zero-order valence-electron chi connectivity index (χ0n) is 24.0. The third kappa shape index (κ3) is 4.41. The summed E-state index contributed by atoms with van der Waals surface area (Å²) in [7, 11) is 0. The first-order valence-corrected chi connectivity index (χ1v) is 14.8. The van der Waals surface area contributed by atoms with Crippen LogP contribution in [0.1, 0.15) is 51.0 Å². The predicted octanol–water partition coefficient (Wildman–Crippen LogP) is 7.30. The maximum absolute atomic E-state index is 10.4. The van der Waals surface area contributed by atoms with Crippen LogP contribution >= 0.6 is 0 Å². The zero-order valence-corrected chi connectivity index (χ0v) is 24.0. The molecule has 0 unspecified atom stereocenters. The van der Waals surface area contributed by atoms with E-state index in [4.69, 9.17) is 4.74 Å². The van der Waals surface area contributed by atoms with E-state index < -0.39 is 0 Å². The Balaban J connectivity index is 0.000000147.